The Hall–Kier alpha value is -4.36. The zero-order chi connectivity index (χ0) is 34.5. The fourth-order valence-corrected chi connectivity index (χ4v) is 4.09. The maximum absolute atomic E-state index is 11.0. The molecule has 4 atom stereocenters. The van der Waals surface area contributed by atoms with E-state index in [-0.39, 0.29) is 29.1 Å². The van der Waals surface area contributed by atoms with Gasteiger partial charge in [0.2, 0.25) is 0 Å². The Kier molecular flexibility index (Phi) is 19.1. The zero-order valence-electron chi connectivity index (χ0n) is 25.2. The van der Waals surface area contributed by atoms with Crippen molar-refractivity contribution in [1.82, 2.24) is 39.9 Å². The zero-order valence-corrected chi connectivity index (χ0v) is 28.4. The van der Waals surface area contributed by atoms with Crippen LogP contribution < -0.4 is 5.73 Å². The maximum atomic E-state index is 11.0. The molecule has 0 spiro atoms. The molecule has 0 aromatic carbocycles. The molecule has 8 N–H and O–H groups in total. The summed E-state index contributed by atoms with van der Waals surface area (Å²) >= 11 is 6.22. The molecular formula is C27H37Br2N9O8. The van der Waals surface area contributed by atoms with Crippen LogP contribution in [0.5, 0.6) is 0 Å². The number of imidazole rings is 4. The molecule has 3 unspecified atom stereocenters. The summed E-state index contributed by atoms with van der Waals surface area (Å²) in [7, 11) is 2.76. The second-order valence-corrected chi connectivity index (χ2v) is 11.5. The number of ether oxygens (including phenoxy) is 2. The van der Waals surface area contributed by atoms with Crippen molar-refractivity contribution in [3.8, 4) is 0 Å². The Morgan fingerprint density at radius 3 is 1.37 bits per heavy atom. The molecular weight excluding hydrogens is 738 g/mol. The average Bonchev–Trinajstić information content (AvgIpc) is 3.87. The molecule has 0 aliphatic heterocycles. The van der Waals surface area contributed by atoms with Gasteiger partial charge < -0.3 is 45.4 Å². The molecule has 0 radical (unpaired) electrons. The van der Waals surface area contributed by atoms with Crippen molar-refractivity contribution in [3.63, 3.8) is 0 Å². The van der Waals surface area contributed by atoms with Gasteiger partial charge in [0.25, 0.3) is 0 Å². The number of aromatic nitrogens is 8. The van der Waals surface area contributed by atoms with Gasteiger partial charge in [-0.1, -0.05) is 38.8 Å². The lowest BCUT2D eigenvalue weighted by atomic mass is 10.1. The van der Waals surface area contributed by atoms with Gasteiger partial charge in [-0.3, -0.25) is 19.2 Å². The number of alkyl halides is 2. The van der Waals surface area contributed by atoms with E-state index in [1.54, 1.807) is 37.4 Å². The first-order valence-electron chi connectivity index (χ1n) is 13.4. The van der Waals surface area contributed by atoms with Gasteiger partial charge in [0.1, 0.15) is 15.7 Å². The fourth-order valence-electron chi connectivity index (χ4n) is 3.21. The Labute approximate surface area is 280 Å². The minimum atomic E-state index is -1.00. The number of esters is 2. The summed E-state index contributed by atoms with van der Waals surface area (Å²) in [5.41, 5.74) is 8.67. The summed E-state index contributed by atoms with van der Waals surface area (Å²) in [4.78, 5) is 68.3. The summed E-state index contributed by atoms with van der Waals surface area (Å²) in [5, 5.41) is 16.9. The number of carbonyl (C=O) groups excluding carboxylic acids is 2. The van der Waals surface area contributed by atoms with Gasteiger partial charge in [-0.2, -0.15) is 0 Å². The molecule has 4 heterocycles. The van der Waals surface area contributed by atoms with Crippen molar-refractivity contribution in [1.29, 1.82) is 0 Å². The van der Waals surface area contributed by atoms with Crippen LogP contribution in [0.2, 0.25) is 0 Å². The van der Waals surface area contributed by atoms with Crippen LogP contribution in [0, 0.1) is 5.92 Å². The van der Waals surface area contributed by atoms with Crippen molar-refractivity contribution in [2.75, 3.05) is 14.2 Å². The number of aromatic amines is 4. The van der Waals surface area contributed by atoms with Crippen molar-refractivity contribution >= 4 is 55.7 Å². The fraction of sp³-hybridized carbons (Fsp3) is 0.407. The first-order valence-corrected chi connectivity index (χ1v) is 15.2. The van der Waals surface area contributed by atoms with E-state index in [1.165, 1.54) is 26.9 Å². The summed E-state index contributed by atoms with van der Waals surface area (Å²) in [6, 6.07) is -0.851. The number of carbonyl (C=O) groups is 4. The molecule has 252 valence electrons. The Morgan fingerprint density at radius 1 is 0.674 bits per heavy atom. The Balaban J connectivity index is 0.000000307. The SMILES string of the molecule is COC(=O)C(Br)Cc1cnc[nH]1.COC(=O)C(C)Cc1cnc[nH]1.N[C@@H](Cc1cnc[nH]1)C(=O)O.O=C(O)C(Br)Cc1cnc[nH]1. The number of aliphatic carboxylic acids is 2. The van der Waals surface area contributed by atoms with Crippen LogP contribution in [0.15, 0.2) is 50.1 Å². The number of hydrogen-bond donors (Lipinski definition) is 7. The lowest BCUT2D eigenvalue weighted by molar-refractivity contribution is -0.145. The number of methoxy groups -OCH3 is 2. The second kappa shape index (κ2) is 22.2. The van der Waals surface area contributed by atoms with Crippen LogP contribution in [0.1, 0.15) is 29.7 Å². The molecule has 17 nitrogen and oxygen atoms in total. The molecule has 0 amide bonds. The Morgan fingerprint density at radius 2 is 1.04 bits per heavy atom. The number of rotatable bonds is 12. The van der Waals surface area contributed by atoms with E-state index in [9.17, 15) is 19.2 Å². The third-order valence-electron chi connectivity index (χ3n) is 5.63. The normalized spacial score (nSPS) is 12.7. The van der Waals surface area contributed by atoms with Crippen LogP contribution in [0.3, 0.4) is 0 Å². The van der Waals surface area contributed by atoms with Crippen molar-refractivity contribution in [2.45, 2.75) is 48.3 Å². The molecule has 4 rings (SSSR count). The monoisotopic (exact) mass is 773 g/mol. The van der Waals surface area contributed by atoms with Gasteiger partial charge in [-0.05, 0) is 0 Å². The molecule has 19 heteroatoms. The molecule has 0 aliphatic carbocycles. The topological polar surface area (TPSA) is 268 Å². The van der Waals surface area contributed by atoms with Crippen LogP contribution in [0.4, 0.5) is 0 Å². The summed E-state index contributed by atoms with van der Waals surface area (Å²) in [6.07, 6.45) is 14.7. The van der Waals surface area contributed by atoms with Gasteiger partial charge >= 0.3 is 23.9 Å². The summed E-state index contributed by atoms with van der Waals surface area (Å²) in [5.74, 6) is -2.44. The van der Waals surface area contributed by atoms with Crippen LogP contribution in [0.25, 0.3) is 0 Å². The van der Waals surface area contributed by atoms with Crippen LogP contribution in [-0.4, -0.2) is 104 Å². The third kappa shape index (κ3) is 16.6. The second-order valence-electron chi connectivity index (χ2n) is 9.29. The van der Waals surface area contributed by atoms with E-state index in [1.807, 2.05) is 6.92 Å². The lowest BCUT2D eigenvalue weighted by Gasteiger charge is -2.06. The number of carboxylic acid groups (broad SMARTS) is 2. The number of nitrogens with two attached hydrogens (primary N) is 1. The van der Waals surface area contributed by atoms with E-state index < -0.39 is 22.8 Å². The number of halogens is 2. The maximum Gasteiger partial charge on any atom is 0.320 e. The first-order chi connectivity index (χ1) is 21.9. The summed E-state index contributed by atoms with van der Waals surface area (Å²) < 4.78 is 9.13. The molecule has 46 heavy (non-hydrogen) atoms. The van der Waals surface area contributed by atoms with Gasteiger partial charge in [0.15, 0.2) is 0 Å². The van der Waals surface area contributed by atoms with Gasteiger partial charge in [-0.25, -0.2) is 19.9 Å². The number of H-pyrrole nitrogens is 4. The van der Waals surface area contributed by atoms with Gasteiger partial charge in [0.05, 0.1) is 45.4 Å². The summed E-state index contributed by atoms with van der Waals surface area (Å²) in [6.45, 7) is 1.83. The molecule has 4 aromatic rings. The first kappa shape index (κ1) is 39.7. The largest absolute Gasteiger partial charge is 0.480 e. The standard InChI is InChI=1S/C8H12N2O2.C7H9BrN2O2.C6H7BrN2O2.C6H9N3O2/c1-6(8(11)12-2)3-7-4-9-5-10-7;1-12-7(11)6(8)2-5-3-9-4-10-5;2*7-5(6(10)11)1-4-2-8-3-9-4/h4-6H,3H2,1-2H3,(H,9,10);3-4,6H,2H2,1H3,(H,9,10);2-3,5H,1H2,(H,8,9)(H,10,11);2-3,5H,1,7H2,(H,8,9)(H,10,11)/t;;;5-/m...0/s1. The minimum Gasteiger partial charge on any atom is -0.480 e. The van der Waals surface area contributed by atoms with E-state index >= 15 is 0 Å². The number of hydrogen-bond acceptors (Lipinski definition) is 11. The number of nitrogens with zero attached hydrogens (tertiary/aromatic N) is 4. The molecule has 0 aliphatic rings. The van der Waals surface area contributed by atoms with Crippen molar-refractivity contribution < 1.29 is 38.9 Å². The predicted octanol–water partition coefficient (Wildman–Crippen LogP) is 1.81. The van der Waals surface area contributed by atoms with Crippen LogP contribution in [-0.2, 0) is 54.3 Å². The highest BCUT2D eigenvalue weighted by Gasteiger charge is 2.16. The number of carboxylic acids is 2. The lowest BCUT2D eigenvalue weighted by Crippen LogP contribution is -2.32. The van der Waals surface area contributed by atoms with Gasteiger partial charge in [-0.15, -0.1) is 0 Å². The smallest absolute Gasteiger partial charge is 0.320 e. The quantitative estimate of drug-likeness (QED) is 0.0801. The van der Waals surface area contributed by atoms with E-state index in [0.717, 1.165) is 22.8 Å². The minimum absolute atomic E-state index is 0.115. The Bertz CT molecular complexity index is 1280. The highest BCUT2D eigenvalue weighted by Crippen LogP contribution is 2.09. The third-order valence-corrected chi connectivity index (χ3v) is 7.04. The highest BCUT2D eigenvalue weighted by atomic mass is 79.9. The predicted molar refractivity (Wildman–Crippen MR) is 171 cm³/mol. The number of nitrogens with one attached hydrogen (secondary N) is 4. The molecule has 0 fully saturated rings. The van der Waals surface area contributed by atoms with Crippen molar-refractivity contribution in [3.05, 3.63) is 72.9 Å². The molecule has 0 saturated carbocycles. The molecule has 4 aromatic heterocycles. The van der Waals surface area contributed by atoms with E-state index in [4.69, 9.17) is 15.9 Å². The average molecular weight is 775 g/mol. The van der Waals surface area contributed by atoms with Gasteiger partial charge in [0, 0.05) is 73.2 Å². The highest BCUT2D eigenvalue weighted by molar-refractivity contribution is 9.10. The molecule has 0 bridgehead atoms. The van der Waals surface area contributed by atoms with E-state index in [0.29, 0.717) is 19.3 Å². The van der Waals surface area contributed by atoms with Crippen molar-refractivity contribution in [2.24, 2.45) is 11.7 Å². The molecule has 0 saturated heterocycles. The van der Waals surface area contributed by atoms with E-state index in [2.05, 4.69) is 81.2 Å². The van der Waals surface area contributed by atoms with Crippen LogP contribution >= 0.6 is 31.9 Å².